The molecule has 0 unspecified atom stereocenters. The van der Waals surface area contributed by atoms with Crippen LogP contribution in [-0.4, -0.2) is 13.3 Å². The van der Waals surface area contributed by atoms with Crippen LogP contribution in [0.1, 0.15) is 49.9 Å². The van der Waals surface area contributed by atoms with Gasteiger partial charge in [-0.25, -0.2) is 8.42 Å². The second-order valence-electron chi connectivity index (χ2n) is 8.65. The molecule has 0 N–H and O–H groups in total. The second kappa shape index (κ2) is 8.75. The van der Waals surface area contributed by atoms with E-state index >= 15 is 0 Å². The average molecular weight is 422 g/mol. The predicted molar refractivity (Wildman–Crippen MR) is 125 cm³/mol. The Labute approximate surface area is 181 Å². The van der Waals surface area contributed by atoms with E-state index in [2.05, 4.69) is 47.9 Å². The quantitative estimate of drug-likeness (QED) is 0.523. The van der Waals surface area contributed by atoms with Gasteiger partial charge < -0.3 is 0 Å². The third-order valence-electron chi connectivity index (χ3n) is 5.70. The zero-order valence-electron chi connectivity index (χ0n) is 18.4. The lowest BCUT2D eigenvalue weighted by atomic mass is 9.98. The summed E-state index contributed by atoms with van der Waals surface area (Å²) >= 11 is 0. The van der Waals surface area contributed by atoms with E-state index in [0.717, 1.165) is 30.8 Å². The summed E-state index contributed by atoms with van der Waals surface area (Å²) in [6.45, 7) is 13.8. The van der Waals surface area contributed by atoms with E-state index in [1.165, 1.54) is 22.8 Å². The monoisotopic (exact) mass is 421 g/mol. The highest BCUT2D eigenvalue weighted by Crippen LogP contribution is 2.37. The standard InChI is InChI=1S/C26H31NO2S/c1-6-25(15-12-20(2)3)30(28,29)26(4,5)24-14-13-22-18-27(19-23(22)16-24)17-21-10-8-7-9-11-21/h6-16H,1,17-19H2,2-5H3/b25-15+. The minimum absolute atomic E-state index is 0.250. The Morgan fingerprint density at radius 1 is 1.03 bits per heavy atom. The van der Waals surface area contributed by atoms with Gasteiger partial charge in [-0.15, -0.1) is 0 Å². The first-order valence-electron chi connectivity index (χ1n) is 10.3. The molecule has 3 rings (SSSR count). The highest BCUT2D eigenvalue weighted by molar-refractivity contribution is 7.96. The summed E-state index contributed by atoms with van der Waals surface area (Å²) < 4.78 is 25.8. The number of hydrogen-bond acceptors (Lipinski definition) is 3. The molecule has 1 heterocycles. The average Bonchev–Trinajstić information content (AvgIpc) is 3.10. The maximum Gasteiger partial charge on any atom is 0.187 e. The second-order valence-corrected chi connectivity index (χ2v) is 11.1. The first-order chi connectivity index (χ1) is 14.1. The molecule has 2 aromatic carbocycles. The number of allylic oxidation sites excluding steroid dienone is 4. The summed E-state index contributed by atoms with van der Waals surface area (Å²) in [5, 5.41) is 0. The topological polar surface area (TPSA) is 37.4 Å². The van der Waals surface area contributed by atoms with Gasteiger partial charge in [-0.2, -0.15) is 0 Å². The highest BCUT2D eigenvalue weighted by atomic mass is 32.2. The summed E-state index contributed by atoms with van der Waals surface area (Å²) in [4.78, 5) is 2.63. The molecule has 0 saturated carbocycles. The van der Waals surface area contributed by atoms with Crippen molar-refractivity contribution in [3.8, 4) is 0 Å². The van der Waals surface area contributed by atoms with Crippen LogP contribution in [-0.2, 0) is 34.2 Å². The molecule has 0 saturated heterocycles. The van der Waals surface area contributed by atoms with Gasteiger partial charge in [-0.3, -0.25) is 4.90 Å². The SMILES string of the molecule is C=C/C(=C\C=C(C)C)S(=O)(=O)C(C)(C)c1ccc2c(c1)CN(Cc1ccccc1)C2. The van der Waals surface area contributed by atoms with E-state index in [4.69, 9.17) is 0 Å². The fraction of sp³-hybridized carbons (Fsp3) is 0.308. The molecule has 0 amide bonds. The van der Waals surface area contributed by atoms with E-state index in [-0.39, 0.29) is 4.91 Å². The fourth-order valence-corrected chi connectivity index (χ4v) is 5.25. The van der Waals surface area contributed by atoms with Gasteiger partial charge >= 0.3 is 0 Å². The molecule has 0 spiro atoms. The number of rotatable bonds is 7. The van der Waals surface area contributed by atoms with Crippen LogP contribution in [0.3, 0.4) is 0 Å². The normalized spacial score (nSPS) is 15.0. The summed E-state index contributed by atoms with van der Waals surface area (Å²) in [7, 11) is -3.59. The molecule has 0 bridgehead atoms. The van der Waals surface area contributed by atoms with Crippen molar-refractivity contribution in [3.05, 3.63) is 106 Å². The third-order valence-corrected chi connectivity index (χ3v) is 8.21. The van der Waals surface area contributed by atoms with E-state index in [1.54, 1.807) is 19.9 Å². The van der Waals surface area contributed by atoms with Crippen LogP contribution in [0.25, 0.3) is 0 Å². The van der Waals surface area contributed by atoms with Gasteiger partial charge in [0.2, 0.25) is 0 Å². The smallest absolute Gasteiger partial charge is 0.187 e. The van der Waals surface area contributed by atoms with Gasteiger partial charge in [-0.05, 0) is 56.0 Å². The Bertz CT molecular complexity index is 1090. The van der Waals surface area contributed by atoms with Crippen molar-refractivity contribution in [3.63, 3.8) is 0 Å². The molecule has 0 atom stereocenters. The first-order valence-corrected chi connectivity index (χ1v) is 11.7. The number of fused-ring (bicyclic) bond motifs is 1. The molecule has 0 fully saturated rings. The molecule has 2 aromatic rings. The first kappa shape index (κ1) is 22.3. The van der Waals surface area contributed by atoms with Gasteiger partial charge in [0.25, 0.3) is 0 Å². The van der Waals surface area contributed by atoms with Crippen molar-refractivity contribution < 1.29 is 8.42 Å². The zero-order chi connectivity index (χ0) is 21.9. The summed E-state index contributed by atoms with van der Waals surface area (Å²) in [5.74, 6) is 0. The summed E-state index contributed by atoms with van der Waals surface area (Å²) in [6.07, 6.45) is 4.90. The molecule has 158 valence electrons. The predicted octanol–water partition coefficient (Wildman–Crippen LogP) is 5.89. The van der Waals surface area contributed by atoms with Gasteiger partial charge in [-0.1, -0.05) is 72.8 Å². The van der Waals surface area contributed by atoms with E-state index in [0.29, 0.717) is 0 Å². The lowest BCUT2D eigenvalue weighted by Crippen LogP contribution is -2.30. The molecule has 3 nitrogen and oxygen atoms in total. The van der Waals surface area contributed by atoms with E-state index < -0.39 is 14.6 Å². The van der Waals surface area contributed by atoms with Crippen LogP contribution in [0.15, 0.2) is 83.8 Å². The lowest BCUT2D eigenvalue weighted by molar-refractivity contribution is 0.275. The molecule has 30 heavy (non-hydrogen) atoms. The number of sulfone groups is 1. The van der Waals surface area contributed by atoms with Crippen molar-refractivity contribution in [1.29, 1.82) is 0 Å². The maximum atomic E-state index is 13.4. The van der Waals surface area contributed by atoms with Crippen LogP contribution in [0.2, 0.25) is 0 Å². The molecule has 1 aliphatic rings. The molecular formula is C26H31NO2S. The van der Waals surface area contributed by atoms with Crippen LogP contribution in [0, 0.1) is 0 Å². The Kier molecular flexibility index (Phi) is 6.49. The summed E-state index contributed by atoms with van der Waals surface area (Å²) in [6, 6.07) is 16.5. The van der Waals surface area contributed by atoms with Gasteiger partial charge in [0.1, 0.15) is 0 Å². The number of nitrogens with zero attached hydrogens (tertiary/aromatic N) is 1. The number of benzene rings is 2. The summed E-state index contributed by atoms with van der Waals surface area (Å²) in [5.41, 5.74) is 5.62. The molecule has 0 radical (unpaired) electrons. The van der Waals surface area contributed by atoms with Crippen LogP contribution in [0.5, 0.6) is 0 Å². The molecule has 0 aromatic heterocycles. The van der Waals surface area contributed by atoms with Crippen LogP contribution >= 0.6 is 0 Å². The fourth-order valence-electron chi connectivity index (χ4n) is 3.76. The minimum Gasteiger partial charge on any atom is -0.291 e. The zero-order valence-corrected chi connectivity index (χ0v) is 19.2. The molecule has 4 heteroatoms. The minimum atomic E-state index is -3.59. The van der Waals surface area contributed by atoms with Crippen molar-refractivity contribution >= 4 is 9.84 Å². The van der Waals surface area contributed by atoms with Crippen molar-refractivity contribution in [2.24, 2.45) is 0 Å². The Hall–Kier alpha value is -2.43. The molecule has 0 aliphatic carbocycles. The third kappa shape index (κ3) is 4.50. The van der Waals surface area contributed by atoms with Crippen molar-refractivity contribution in [2.45, 2.75) is 52.1 Å². The maximum absolute atomic E-state index is 13.4. The Morgan fingerprint density at radius 3 is 2.33 bits per heavy atom. The Balaban J connectivity index is 1.87. The number of hydrogen-bond donors (Lipinski definition) is 0. The van der Waals surface area contributed by atoms with Crippen LogP contribution in [0.4, 0.5) is 0 Å². The molecular weight excluding hydrogens is 390 g/mol. The largest absolute Gasteiger partial charge is 0.291 e. The van der Waals surface area contributed by atoms with Crippen molar-refractivity contribution in [1.82, 2.24) is 4.90 Å². The molecule has 1 aliphatic heterocycles. The van der Waals surface area contributed by atoms with E-state index in [9.17, 15) is 8.42 Å². The van der Waals surface area contributed by atoms with Crippen LogP contribution < -0.4 is 0 Å². The van der Waals surface area contributed by atoms with Gasteiger partial charge in [0, 0.05) is 19.6 Å². The highest BCUT2D eigenvalue weighted by Gasteiger charge is 2.38. The Morgan fingerprint density at radius 2 is 1.70 bits per heavy atom. The van der Waals surface area contributed by atoms with E-state index in [1.807, 2.05) is 32.1 Å². The van der Waals surface area contributed by atoms with Gasteiger partial charge in [0.05, 0.1) is 9.65 Å². The van der Waals surface area contributed by atoms with Crippen molar-refractivity contribution in [2.75, 3.05) is 0 Å². The lowest BCUT2D eigenvalue weighted by Gasteiger charge is -2.26. The van der Waals surface area contributed by atoms with Gasteiger partial charge in [0.15, 0.2) is 9.84 Å².